The van der Waals surface area contributed by atoms with E-state index in [9.17, 15) is 9.00 Å². The predicted octanol–water partition coefficient (Wildman–Crippen LogP) is 3.38. The zero-order valence-corrected chi connectivity index (χ0v) is 15.3. The molecule has 0 radical (unpaired) electrons. The van der Waals surface area contributed by atoms with E-state index in [0.717, 1.165) is 18.4 Å². The van der Waals surface area contributed by atoms with Crippen molar-refractivity contribution in [1.29, 1.82) is 0 Å². The van der Waals surface area contributed by atoms with Crippen LogP contribution >= 0.6 is 11.6 Å². The van der Waals surface area contributed by atoms with Crippen molar-refractivity contribution in [2.75, 3.05) is 13.1 Å². The van der Waals surface area contributed by atoms with Gasteiger partial charge in [0, 0.05) is 30.1 Å². The van der Waals surface area contributed by atoms with Gasteiger partial charge in [0.1, 0.15) is 10.8 Å². The zero-order chi connectivity index (χ0) is 17.0. The number of nitrogens with zero attached hydrogens (tertiary/aromatic N) is 2. The number of carbonyl (C=O) groups excluding carboxylic acids is 1. The number of halogens is 1. The van der Waals surface area contributed by atoms with Crippen molar-refractivity contribution in [2.24, 2.45) is 0 Å². The van der Waals surface area contributed by atoms with Gasteiger partial charge in [0.15, 0.2) is 0 Å². The molecule has 1 fully saturated rings. The first-order valence-corrected chi connectivity index (χ1v) is 9.46. The number of ether oxygens (including phenoxy) is 1. The van der Waals surface area contributed by atoms with E-state index in [1.165, 1.54) is 0 Å². The number of piperidine rings is 1. The van der Waals surface area contributed by atoms with E-state index in [2.05, 4.69) is 4.98 Å². The van der Waals surface area contributed by atoms with Gasteiger partial charge in [0.25, 0.3) is 0 Å². The maximum atomic E-state index is 12.6. The quantitative estimate of drug-likeness (QED) is 0.777. The maximum Gasteiger partial charge on any atom is 0.410 e. The fourth-order valence-electron chi connectivity index (χ4n) is 2.42. The Morgan fingerprint density at radius 1 is 1.48 bits per heavy atom. The molecular weight excluding hydrogens is 336 g/mol. The molecule has 0 spiro atoms. The summed E-state index contributed by atoms with van der Waals surface area (Å²) in [7, 11) is -1.06. The van der Waals surface area contributed by atoms with Gasteiger partial charge in [-0.2, -0.15) is 0 Å². The highest BCUT2D eigenvalue weighted by molar-refractivity contribution is 7.84. The molecule has 1 aromatic heterocycles. The highest BCUT2D eigenvalue weighted by Gasteiger charge is 2.30. The fraction of sp³-hybridized carbons (Fsp3) is 0.625. The summed E-state index contributed by atoms with van der Waals surface area (Å²) in [5.41, 5.74) is 0.375. The average molecular weight is 359 g/mol. The van der Waals surface area contributed by atoms with E-state index in [4.69, 9.17) is 16.3 Å². The maximum absolute atomic E-state index is 12.6. The van der Waals surface area contributed by atoms with Crippen LogP contribution in [0.2, 0.25) is 5.15 Å². The largest absolute Gasteiger partial charge is 0.444 e. The number of pyridine rings is 1. The molecule has 5 nitrogen and oxygen atoms in total. The SMILES string of the molecule is CC(C)(C)OC(=O)N1CCC[C@@H]([S@@](=O)Cc2ccc(Cl)nc2)C1. The van der Waals surface area contributed by atoms with Gasteiger partial charge in [0.05, 0.1) is 11.0 Å². The summed E-state index contributed by atoms with van der Waals surface area (Å²) in [5.74, 6) is 0.428. The molecule has 0 bridgehead atoms. The van der Waals surface area contributed by atoms with Crippen LogP contribution in [-0.2, 0) is 21.3 Å². The molecule has 23 heavy (non-hydrogen) atoms. The van der Waals surface area contributed by atoms with Crippen LogP contribution in [-0.4, -0.2) is 44.1 Å². The third kappa shape index (κ3) is 5.77. The van der Waals surface area contributed by atoms with E-state index < -0.39 is 16.4 Å². The summed E-state index contributed by atoms with van der Waals surface area (Å²) in [6, 6.07) is 3.53. The summed E-state index contributed by atoms with van der Waals surface area (Å²) >= 11 is 5.76. The second-order valence-electron chi connectivity index (χ2n) is 6.70. The average Bonchev–Trinajstić information content (AvgIpc) is 2.48. The molecule has 1 aliphatic rings. The Bertz CT molecular complexity index is 572. The molecule has 1 saturated heterocycles. The number of rotatable bonds is 3. The summed E-state index contributed by atoms with van der Waals surface area (Å²) in [6.07, 6.45) is 3.02. The van der Waals surface area contributed by atoms with Gasteiger partial charge in [0.2, 0.25) is 0 Å². The molecule has 1 aliphatic heterocycles. The highest BCUT2D eigenvalue weighted by Crippen LogP contribution is 2.20. The van der Waals surface area contributed by atoms with Crippen LogP contribution in [0.5, 0.6) is 0 Å². The standard InChI is InChI=1S/C16H23ClN2O3S/c1-16(2,3)22-15(20)19-8-4-5-13(10-19)23(21)11-12-6-7-14(17)18-9-12/h6-7,9,13H,4-5,8,10-11H2,1-3H3/t13-,23+/m1/s1. The van der Waals surface area contributed by atoms with Crippen LogP contribution in [0, 0.1) is 0 Å². The third-order valence-corrected chi connectivity index (χ3v) is 5.47. The van der Waals surface area contributed by atoms with Crippen molar-refractivity contribution >= 4 is 28.5 Å². The minimum Gasteiger partial charge on any atom is -0.444 e. The molecule has 2 heterocycles. The molecule has 0 aromatic carbocycles. The lowest BCUT2D eigenvalue weighted by Gasteiger charge is -2.33. The molecule has 0 saturated carbocycles. The van der Waals surface area contributed by atoms with Crippen molar-refractivity contribution in [3.05, 3.63) is 29.0 Å². The summed E-state index contributed by atoms with van der Waals surface area (Å²) in [6.45, 7) is 6.67. The predicted molar refractivity (Wildman–Crippen MR) is 91.9 cm³/mol. The van der Waals surface area contributed by atoms with Crippen molar-refractivity contribution in [2.45, 2.75) is 50.2 Å². The summed E-state index contributed by atoms with van der Waals surface area (Å²) < 4.78 is 18.0. The number of carbonyl (C=O) groups is 1. The molecule has 0 aliphatic carbocycles. The van der Waals surface area contributed by atoms with Gasteiger partial charge in [-0.25, -0.2) is 9.78 Å². The normalized spacial score (nSPS) is 20.2. The molecule has 128 valence electrons. The van der Waals surface area contributed by atoms with Gasteiger partial charge in [-0.1, -0.05) is 17.7 Å². The first-order chi connectivity index (χ1) is 10.7. The van der Waals surface area contributed by atoms with Gasteiger partial charge in [-0.3, -0.25) is 4.21 Å². The smallest absolute Gasteiger partial charge is 0.410 e. The Morgan fingerprint density at radius 2 is 2.22 bits per heavy atom. The first-order valence-electron chi connectivity index (χ1n) is 7.70. The van der Waals surface area contributed by atoms with Crippen molar-refractivity contribution in [3.63, 3.8) is 0 Å². The first kappa shape index (κ1) is 18.2. The number of amides is 1. The van der Waals surface area contributed by atoms with Crippen LogP contribution in [0.15, 0.2) is 18.3 Å². The molecule has 1 aromatic rings. The molecule has 2 atom stereocenters. The molecule has 1 amide bonds. The zero-order valence-electron chi connectivity index (χ0n) is 13.8. The van der Waals surface area contributed by atoms with Crippen LogP contribution in [0.1, 0.15) is 39.2 Å². The van der Waals surface area contributed by atoms with Crippen molar-refractivity contribution < 1.29 is 13.7 Å². The van der Waals surface area contributed by atoms with E-state index in [-0.39, 0.29) is 11.3 Å². The molecular formula is C16H23ClN2O3S. The van der Waals surface area contributed by atoms with Crippen molar-refractivity contribution in [3.8, 4) is 0 Å². The van der Waals surface area contributed by atoms with E-state index in [1.54, 1.807) is 17.2 Å². The second-order valence-corrected chi connectivity index (χ2v) is 8.81. The van der Waals surface area contributed by atoms with Gasteiger partial charge >= 0.3 is 6.09 Å². The number of likely N-dealkylation sites (tertiary alicyclic amines) is 1. The summed E-state index contributed by atoms with van der Waals surface area (Å²) in [4.78, 5) is 17.8. The minimum atomic E-state index is -1.06. The van der Waals surface area contributed by atoms with E-state index >= 15 is 0 Å². The van der Waals surface area contributed by atoms with Gasteiger partial charge < -0.3 is 9.64 Å². The van der Waals surface area contributed by atoms with E-state index in [1.807, 2.05) is 26.8 Å². The van der Waals surface area contributed by atoms with Gasteiger partial charge in [-0.15, -0.1) is 0 Å². The monoisotopic (exact) mass is 358 g/mol. The van der Waals surface area contributed by atoms with Crippen molar-refractivity contribution in [1.82, 2.24) is 9.88 Å². The number of aromatic nitrogens is 1. The van der Waals surface area contributed by atoms with Crippen LogP contribution in [0.3, 0.4) is 0 Å². The fourth-order valence-corrected chi connectivity index (χ4v) is 4.04. The molecule has 0 N–H and O–H groups in total. The lowest BCUT2D eigenvalue weighted by molar-refractivity contribution is 0.0219. The Morgan fingerprint density at radius 3 is 2.83 bits per heavy atom. The molecule has 7 heteroatoms. The third-order valence-electron chi connectivity index (χ3n) is 3.50. The van der Waals surface area contributed by atoms with Crippen LogP contribution in [0.4, 0.5) is 4.79 Å². The van der Waals surface area contributed by atoms with Gasteiger partial charge in [-0.05, 0) is 45.2 Å². The topological polar surface area (TPSA) is 59.5 Å². The highest BCUT2D eigenvalue weighted by atomic mass is 35.5. The van der Waals surface area contributed by atoms with E-state index in [0.29, 0.717) is 24.0 Å². The lowest BCUT2D eigenvalue weighted by Crippen LogP contribution is -2.46. The Balaban J connectivity index is 1.93. The van der Waals surface area contributed by atoms with Crippen LogP contribution in [0.25, 0.3) is 0 Å². The lowest BCUT2D eigenvalue weighted by atomic mass is 10.1. The Kier molecular flexibility index (Phi) is 6.03. The molecule has 0 unspecified atom stereocenters. The Labute approximate surface area is 144 Å². The Hall–Kier alpha value is -1.14. The second kappa shape index (κ2) is 7.62. The number of hydrogen-bond acceptors (Lipinski definition) is 4. The molecule has 2 rings (SSSR count). The van der Waals surface area contributed by atoms with Crippen LogP contribution < -0.4 is 0 Å². The summed E-state index contributed by atoms with van der Waals surface area (Å²) in [5, 5.41) is 0.389. The minimum absolute atomic E-state index is 0.0352. The number of hydrogen-bond donors (Lipinski definition) is 0.